The van der Waals surface area contributed by atoms with Gasteiger partial charge in [0, 0.05) is 11.6 Å². The highest BCUT2D eigenvalue weighted by Gasteiger charge is 2.43. The van der Waals surface area contributed by atoms with Crippen molar-refractivity contribution in [2.24, 2.45) is 0 Å². The number of rotatable bonds is 5. The smallest absolute Gasteiger partial charge is 0.0129 e. The van der Waals surface area contributed by atoms with Crippen molar-refractivity contribution in [1.82, 2.24) is 0 Å². The van der Waals surface area contributed by atoms with Crippen LogP contribution >= 0.6 is 7.92 Å². The van der Waals surface area contributed by atoms with Gasteiger partial charge in [0.15, 0.2) is 0 Å². The van der Waals surface area contributed by atoms with Gasteiger partial charge in [0.05, 0.1) is 0 Å². The minimum absolute atomic E-state index is 0.245. The fourth-order valence-corrected chi connectivity index (χ4v) is 10.0. The van der Waals surface area contributed by atoms with E-state index in [0.717, 1.165) is 0 Å². The molecule has 0 amide bonds. The van der Waals surface area contributed by atoms with Crippen LogP contribution in [0.25, 0.3) is 0 Å². The Hall–Kier alpha value is -0.870. The first-order chi connectivity index (χ1) is 13.7. The average Bonchev–Trinajstić information content (AvgIpc) is 2.58. The predicted molar refractivity (Wildman–Crippen MR) is 140 cm³/mol. The molecule has 0 saturated carbocycles. The number of benzene rings is 1. The molecule has 0 nitrogen and oxygen atoms in total. The standard InChI is InChI=1S/C29H47P/c1-19(2)22-17-24(20(3)4)27(25(18-22)21(5)6)23-15-13-14-16-26(23)30(28(7,8)9)29(10,11)12/h13-21,23,26H,1-12H3. The molecule has 1 aliphatic carbocycles. The highest BCUT2D eigenvalue weighted by molar-refractivity contribution is 7.61. The zero-order chi connectivity index (χ0) is 23.0. The Labute approximate surface area is 189 Å². The molecule has 168 valence electrons. The van der Waals surface area contributed by atoms with E-state index in [1.165, 1.54) is 5.56 Å². The Morgan fingerprint density at radius 2 is 1.10 bits per heavy atom. The lowest BCUT2D eigenvalue weighted by Gasteiger charge is -2.49. The SMILES string of the molecule is CC(C)c1cc(C(C)C)c(C2C=CC=CC2P(C(C)(C)C)C(C)(C)C)c(C(C)C)c1. The van der Waals surface area contributed by atoms with Crippen molar-refractivity contribution in [3.8, 4) is 0 Å². The molecule has 0 radical (unpaired) electrons. The first kappa shape index (κ1) is 25.4. The van der Waals surface area contributed by atoms with E-state index in [0.29, 0.717) is 39.6 Å². The van der Waals surface area contributed by atoms with Crippen LogP contribution in [0, 0.1) is 0 Å². The Kier molecular flexibility index (Phi) is 7.89. The molecule has 0 N–H and O–H groups in total. The molecule has 1 aromatic rings. The summed E-state index contributed by atoms with van der Waals surface area (Å²) in [4.78, 5) is 0. The fourth-order valence-electron chi connectivity index (χ4n) is 5.41. The molecule has 0 saturated heterocycles. The van der Waals surface area contributed by atoms with Gasteiger partial charge >= 0.3 is 0 Å². The Balaban J connectivity index is 2.79. The van der Waals surface area contributed by atoms with Crippen molar-refractivity contribution < 1.29 is 0 Å². The van der Waals surface area contributed by atoms with E-state index >= 15 is 0 Å². The van der Waals surface area contributed by atoms with Gasteiger partial charge in [0.2, 0.25) is 0 Å². The van der Waals surface area contributed by atoms with E-state index in [1.54, 1.807) is 16.7 Å². The number of hydrogen-bond donors (Lipinski definition) is 0. The Morgan fingerprint density at radius 3 is 1.47 bits per heavy atom. The van der Waals surface area contributed by atoms with Crippen molar-refractivity contribution in [2.75, 3.05) is 0 Å². The number of hydrogen-bond acceptors (Lipinski definition) is 0. The van der Waals surface area contributed by atoms with Gasteiger partial charge in [0.25, 0.3) is 0 Å². The zero-order valence-corrected chi connectivity index (χ0v) is 22.7. The van der Waals surface area contributed by atoms with Gasteiger partial charge in [-0.05, 0) is 50.3 Å². The van der Waals surface area contributed by atoms with E-state index in [1.807, 2.05) is 0 Å². The molecule has 2 unspecified atom stereocenters. The Morgan fingerprint density at radius 1 is 0.667 bits per heavy atom. The summed E-state index contributed by atoms with van der Waals surface area (Å²) in [5, 5.41) is 0.611. The zero-order valence-electron chi connectivity index (χ0n) is 21.8. The summed E-state index contributed by atoms with van der Waals surface area (Å²) in [5.41, 5.74) is 6.82. The maximum absolute atomic E-state index is 2.54. The van der Waals surface area contributed by atoms with E-state index in [9.17, 15) is 0 Å². The van der Waals surface area contributed by atoms with Gasteiger partial charge in [-0.1, -0.05) is 127 Å². The summed E-state index contributed by atoms with van der Waals surface area (Å²) in [5.74, 6) is 2.10. The molecule has 0 bridgehead atoms. The quantitative estimate of drug-likeness (QED) is 0.411. The van der Waals surface area contributed by atoms with Crippen LogP contribution in [0.2, 0.25) is 0 Å². The lowest BCUT2D eigenvalue weighted by Crippen LogP contribution is -2.34. The van der Waals surface area contributed by atoms with Crippen LogP contribution in [0.15, 0.2) is 36.4 Å². The third-order valence-electron chi connectivity index (χ3n) is 6.36. The van der Waals surface area contributed by atoms with Crippen LogP contribution < -0.4 is 0 Å². The third-order valence-corrected chi connectivity index (χ3v) is 10.3. The van der Waals surface area contributed by atoms with Gasteiger partial charge in [0.1, 0.15) is 0 Å². The molecule has 2 atom stereocenters. The second kappa shape index (κ2) is 9.32. The summed E-state index contributed by atoms with van der Waals surface area (Å²) >= 11 is 0. The van der Waals surface area contributed by atoms with E-state index < -0.39 is 0 Å². The second-order valence-electron chi connectivity index (χ2n) is 12.1. The van der Waals surface area contributed by atoms with Crippen LogP contribution in [-0.4, -0.2) is 16.0 Å². The minimum Gasteiger partial charge on any atom is -0.0876 e. The molecule has 0 heterocycles. The van der Waals surface area contributed by atoms with Crippen molar-refractivity contribution in [1.29, 1.82) is 0 Å². The maximum Gasteiger partial charge on any atom is 0.0129 e. The van der Waals surface area contributed by atoms with Crippen LogP contribution in [0.5, 0.6) is 0 Å². The minimum atomic E-state index is -0.245. The second-order valence-corrected chi connectivity index (χ2v) is 16.1. The molecular formula is C29H47P. The van der Waals surface area contributed by atoms with Crippen molar-refractivity contribution in [3.05, 3.63) is 58.7 Å². The molecule has 1 aromatic carbocycles. The van der Waals surface area contributed by atoms with Crippen LogP contribution in [0.3, 0.4) is 0 Å². The van der Waals surface area contributed by atoms with Crippen LogP contribution in [0.4, 0.5) is 0 Å². The molecule has 2 rings (SSSR count). The summed E-state index contributed by atoms with van der Waals surface area (Å²) in [6.07, 6.45) is 9.65. The molecule has 1 heteroatoms. The molecule has 30 heavy (non-hydrogen) atoms. The highest BCUT2D eigenvalue weighted by Crippen LogP contribution is 2.66. The largest absolute Gasteiger partial charge is 0.0876 e. The van der Waals surface area contributed by atoms with Crippen LogP contribution in [0.1, 0.15) is 129 Å². The van der Waals surface area contributed by atoms with Gasteiger partial charge in [-0.3, -0.25) is 0 Å². The van der Waals surface area contributed by atoms with Gasteiger partial charge < -0.3 is 0 Å². The Bertz CT molecular complexity index is 735. The summed E-state index contributed by atoms with van der Waals surface area (Å²) < 4.78 is 0. The third kappa shape index (κ3) is 5.48. The highest BCUT2D eigenvalue weighted by atomic mass is 31.1. The first-order valence-corrected chi connectivity index (χ1v) is 13.4. The topological polar surface area (TPSA) is 0 Å². The lowest BCUT2D eigenvalue weighted by molar-refractivity contribution is 0.670. The molecule has 0 spiro atoms. The molecule has 0 aromatic heterocycles. The maximum atomic E-state index is 2.54. The monoisotopic (exact) mass is 426 g/mol. The summed E-state index contributed by atoms with van der Waals surface area (Å²) in [7, 11) is -0.245. The lowest BCUT2D eigenvalue weighted by atomic mass is 9.77. The van der Waals surface area contributed by atoms with Gasteiger partial charge in [-0.25, -0.2) is 0 Å². The molecule has 0 aliphatic heterocycles. The van der Waals surface area contributed by atoms with Gasteiger partial charge in [-0.2, -0.15) is 0 Å². The van der Waals surface area contributed by atoms with E-state index in [2.05, 4.69) is 120 Å². The van der Waals surface area contributed by atoms with Crippen molar-refractivity contribution in [3.63, 3.8) is 0 Å². The molecular weight excluding hydrogens is 379 g/mol. The van der Waals surface area contributed by atoms with E-state index in [4.69, 9.17) is 0 Å². The normalized spacial score (nSPS) is 20.3. The summed E-state index contributed by atoms with van der Waals surface area (Å²) in [6.45, 7) is 28.9. The average molecular weight is 427 g/mol. The predicted octanol–water partition coefficient (Wildman–Crippen LogP) is 9.71. The number of allylic oxidation sites excluding steroid dienone is 4. The fraction of sp³-hybridized carbons (Fsp3) is 0.655. The van der Waals surface area contributed by atoms with E-state index in [-0.39, 0.29) is 7.92 Å². The molecule has 1 aliphatic rings. The van der Waals surface area contributed by atoms with Gasteiger partial charge in [-0.15, -0.1) is 0 Å². The molecule has 0 fully saturated rings. The van der Waals surface area contributed by atoms with Crippen molar-refractivity contribution in [2.45, 2.75) is 123 Å². The summed E-state index contributed by atoms with van der Waals surface area (Å²) in [6, 6.07) is 5.05. The first-order valence-electron chi connectivity index (χ1n) is 12.0. The van der Waals surface area contributed by atoms with Crippen molar-refractivity contribution >= 4 is 7.92 Å². The van der Waals surface area contributed by atoms with Crippen LogP contribution in [-0.2, 0) is 0 Å².